The largest absolute Gasteiger partial charge is 0.382 e. The number of anilines is 2. The Hall–Kier alpha value is -3.84. The number of amides is 1. The molecule has 2 aromatic heterocycles. The molecule has 3 aromatic rings. The number of carbonyl (C=O) groups excluding carboxylic acids is 1. The van der Waals surface area contributed by atoms with E-state index in [1.807, 2.05) is 6.07 Å². The number of ether oxygens (including phenoxy) is 1. The highest BCUT2D eigenvalue weighted by atomic mass is 19.1. The Bertz CT molecular complexity index is 1220. The fourth-order valence-electron chi connectivity index (χ4n) is 3.86. The van der Waals surface area contributed by atoms with Crippen LogP contribution in [0.5, 0.6) is 0 Å². The summed E-state index contributed by atoms with van der Waals surface area (Å²) in [5.74, 6) is -0.196. The van der Waals surface area contributed by atoms with Crippen LogP contribution in [0.2, 0.25) is 0 Å². The highest BCUT2D eigenvalue weighted by Crippen LogP contribution is 2.27. The predicted octanol–water partition coefficient (Wildman–Crippen LogP) is 2.95. The second-order valence-electron chi connectivity index (χ2n) is 7.95. The van der Waals surface area contributed by atoms with Gasteiger partial charge in [0.2, 0.25) is 0 Å². The smallest absolute Gasteiger partial charge is 0.253 e. The molecule has 0 spiro atoms. The quantitative estimate of drug-likeness (QED) is 0.522. The van der Waals surface area contributed by atoms with E-state index in [0.29, 0.717) is 36.9 Å². The van der Waals surface area contributed by atoms with Crippen molar-refractivity contribution in [2.45, 2.75) is 25.8 Å². The number of nitrogens with two attached hydrogens (primary N) is 1. The number of benzene rings is 1. The first kappa shape index (κ1) is 22.4. The molecule has 1 saturated heterocycles. The lowest BCUT2D eigenvalue weighted by Gasteiger charge is -2.23. The maximum atomic E-state index is 14.5. The highest BCUT2D eigenvalue weighted by Gasteiger charge is 2.23. The predicted molar refractivity (Wildman–Crippen MR) is 121 cm³/mol. The summed E-state index contributed by atoms with van der Waals surface area (Å²) in [5.41, 5.74) is 6.95. The Labute approximate surface area is 190 Å². The molecule has 1 amide bonds. The Kier molecular flexibility index (Phi) is 6.60. The van der Waals surface area contributed by atoms with Gasteiger partial charge in [-0.2, -0.15) is 5.26 Å². The van der Waals surface area contributed by atoms with Crippen molar-refractivity contribution in [3.63, 3.8) is 0 Å². The molecule has 0 unspecified atom stereocenters. The molecule has 0 bridgehead atoms. The average Bonchev–Trinajstić information content (AvgIpc) is 2.83. The molecule has 1 aliphatic rings. The van der Waals surface area contributed by atoms with Crippen LogP contribution in [0.4, 0.5) is 16.0 Å². The number of halogens is 1. The third-order valence-corrected chi connectivity index (χ3v) is 5.72. The molecule has 0 radical (unpaired) electrons. The fraction of sp³-hybridized carbons (Fsp3) is 0.348. The van der Waals surface area contributed by atoms with Crippen molar-refractivity contribution in [1.82, 2.24) is 20.3 Å². The van der Waals surface area contributed by atoms with Crippen molar-refractivity contribution < 1.29 is 13.9 Å². The first-order valence-corrected chi connectivity index (χ1v) is 10.7. The number of fused-ring (bicyclic) bond motifs is 1. The monoisotopic (exact) mass is 449 g/mol. The number of aromatic nitrogens is 3. The number of nitrogens with zero attached hydrogens (tertiary/aromatic N) is 4. The molecule has 10 heteroatoms. The number of rotatable bonds is 6. The number of nitrogen functional groups attached to an aromatic ring is 1. The third kappa shape index (κ3) is 4.83. The summed E-state index contributed by atoms with van der Waals surface area (Å²) in [4.78, 5) is 25.7. The van der Waals surface area contributed by atoms with E-state index in [1.54, 1.807) is 19.1 Å². The van der Waals surface area contributed by atoms with Crippen molar-refractivity contribution in [3.05, 3.63) is 53.2 Å². The van der Waals surface area contributed by atoms with E-state index >= 15 is 0 Å². The average molecular weight is 449 g/mol. The topological polar surface area (TPSA) is 139 Å². The van der Waals surface area contributed by atoms with Crippen molar-refractivity contribution >= 4 is 28.4 Å². The van der Waals surface area contributed by atoms with E-state index in [4.69, 9.17) is 10.5 Å². The van der Waals surface area contributed by atoms with Gasteiger partial charge in [-0.05, 0) is 43.9 Å². The lowest BCUT2D eigenvalue weighted by Crippen LogP contribution is -2.33. The number of nitriles is 1. The molecule has 1 atom stereocenters. The van der Waals surface area contributed by atoms with Gasteiger partial charge in [-0.25, -0.2) is 19.3 Å². The van der Waals surface area contributed by atoms with Crippen LogP contribution in [0.15, 0.2) is 30.6 Å². The zero-order valence-electron chi connectivity index (χ0n) is 18.1. The minimum Gasteiger partial charge on any atom is -0.382 e. The summed E-state index contributed by atoms with van der Waals surface area (Å²) >= 11 is 0. The molecular formula is C23H24FN7O2. The molecular weight excluding hydrogens is 425 g/mol. The van der Waals surface area contributed by atoms with Gasteiger partial charge in [0.15, 0.2) is 0 Å². The zero-order valence-corrected chi connectivity index (χ0v) is 18.1. The molecule has 1 aromatic carbocycles. The maximum Gasteiger partial charge on any atom is 0.253 e. The Morgan fingerprint density at radius 1 is 1.36 bits per heavy atom. The zero-order chi connectivity index (χ0) is 23.4. The van der Waals surface area contributed by atoms with Gasteiger partial charge >= 0.3 is 0 Å². The van der Waals surface area contributed by atoms with Gasteiger partial charge in [0.25, 0.3) is 5.91 Å². The number of nitrogens with one attached hydrogen (secondary N) is 2. The molecule has 4 N–H and O–H groups in total. The van der Waals surface area contributed by atoms with E-state index in [1.165, 1.54) is 18.5 Å². The van der Waals surface area contributed by atoms with Crippen LogP contribution in [0, 0.1) is 23.1 Å². The molecule has 3 heterocycles. The molecule has 0 aliphatic carbocycles. The second-order valence-corrected chi connectivity index (χ2v) is 7.95. The van der Waals surface area contributed by atoms with Crippen LogP contribution in [-0.2, 0) is 4.74 Å². The molecule has 9 nitrogen and oxygen atoms in total. The summed E-state index contributed by atoms with van der Waals surface area (Å²) in [7, 11) is 0. The van der Waals surface area contributed by atoms with Crippen molar-refractivity contribution in [3.8, 4) is 6.07 Å². The van der Waals surface area contributed by atoms with E-state index < -0.39 is 11.9 Å². The summed E-state index contributed by atoms with van der Waals surface area (Å²) in [5, 5.41) is 15.7. The van der Waals surface area contributed by atoms with Gasteiger partial charge in [0.05, 0.1) is 22.8 Å². The Balaban J connectivity index is 1.67. The molecule has 1 aliphatic heterocycles. The molecule has 1 fully saturated rings. The fourth-order valence-corrected chi connectivity index (χ4v) is 3.86. The second kappa shape index (κ2) is 9.75. The van der Waals surface area contributed by atoms with Crippen LogP contribution in [0.1, 0.15) is 47.4 Å². The maximum absolute atomic E-state index is 14.5. The first-order valence-electron chi connectivity index (χ1n) is 10.7. The van der Waals surface area contributed by atoms with Crippen LogP contribution < -0.4 is 16.4 Å². The van der Waals surface area contributed by atoms with Gasteiger partial charge in [-0.15, -0.1) is 0 Å². The minimum atomic E-state index is -0.539. The Morgan fingerprint density at radius 3 is 2.91 bits per heavy atom. The molecule has 170 valence electrons. The lowest BCUT2D eigenvalue weighted by atomic mass is 9.99. The number of hydrogen-bond donors (Lipinski definition) is 3. The first-order chi connectivity index (χ1) is 16.0. The van der Waals surface area contributed by atoms with Gasteiger partial charge in [-0.3, -0.25) is 4.79 Å². The Morgan fingerprint density at radius 2 is 2.15 bits per heavy atom. The van der Waals surface area contributed by atoms with Crippen LogP contribution in [0.3, 0.4) is 0 Å². The minimum absolute atomic E-state index is 0.0465. The van der Waals surface area contributed by atoms with Crippen LogP contribution in [-0.4, -0.2) is 40.6 Å². The van der Waals surface area contributed by atoms with Gasteiger partial charge < -0.3 is 21.1 Å². The number of hydrogen-bond acceptors (Lipinski definition) is 8. The van der Waals surface area contributed by atoms with Crippen molar-refractivity contribution in [1.29, 1.82) is 5.26 Å². The summed E-state index contributed by atoms with van der Waals surface area (Å²) < 4.78 is 19.8. The molecule has 33 heavy (non-hydrogen) atoms. The molecule has 4 rings (SSSR count). The summed E-state index contributed by atoms with van der Waals surface area (Å²) in [6.45, 7) is 3.64. The van der Waals surface area contributed by atoms with E-state index in [0.717, 1.165) is 12.8 Å². The van der Waals surface area contributed by atoms with Crippen LogP contribution >= 0.6 is 0 Å². The highest BCUT2D eigenvalue weighted by molar-refractivity contribution is 5.99. The van der Waals surface area contributed by atoms with Crippen LogP contribution in [0.25, 0.3) is 10.9 Å². The number of carbonyl (C=O) groups is 1. The lowest BCUT2D eigenvalue weighted by molar-refractivity contribution is 0.0642. The van der Waals surface area contributed by atoms with Gasteiger partial charge in [0.1, 0.15) is 35.4 Å². The van der Waals surface area contributed by atoms with E-state index in [-0.39, 0.29) is 34.1 Å². The van der Waals surface area contributed by atoms with Crippen molar-refractivity contribution in [2.24, 2.45) is 5.92 Å². The van der Waals surface area contributed by atoms with Gasteiger partial charge in [-0.1, -0.05) is 6.07 Å². The van der Waals surface area contributed by atoms with Gasteiger partial charge in [0, 0.05) is 25.1 Å². The van der Waals surface area contributed by atoms with Crippen molar-refractivity contribution in [2.75, 3.05) is 30.8 Å². The summed E-state index contributed by atoms with van der Waals surface area (Å²) in [6, 6.07) is 7.54. The normalized spacial score (nSPS) is 15.1. The standard InChI is InChI=1S/C23H24FN7O2/c1-13(30-22-17(10-25)21(26)28-12-29-22)20-16(9-15-18(24)3-2-4-19(15)31-20)23(32)27-11-14-5-7-33-8-6-14/h2-4,9,12-14H,5-8,11H2,1H3,(H,27,32)(H3,26,28,29,30)/t13-/m0/s1. The third-order valence-electron chi connectivity index (χ3n) is 5.72. The number of pyridine rings is 1. The SMILES string of the molecule is C[C@H](Nc1ncnc(N)c1C#N)c1nc2cccc(F)c2cc1C(=O)NCC1CCOCC1. The molecule has 0 saturated carbocycles. The summed E-state index contributed by atoms with van der Waals surface area (Å²) in [6.07, 6.45) is 3.00. The van der Waals surface area contributed by atoms with E-state index in [9.17, 15) is 14.4 Å². The van der Waals surface area contributed by atoms with E-state index in [2.05, 4.69) is 25.6 Å².